The lowest BCUT2D eigenvalue weighted by atomic mass is 9.85. The lowest BCUT2D eigenvalue weighted by Crippen LogP contribution is -2.42. The number of likely N-dealkylation sites (tertiary alicyclic amines) is 1. The number of carbonyl (C=O) groups is 4. The van der Waals surface area contributed by atoms with E-state index in [0.29, 0.717) is 0 Å². The first-order chi connectivity index (χ1) is 13.5. The number of alkyl halides is 1. The van der Waals surface area contributed by atoms with Crippen molar-refractivity contribution in [2.45, 2.75) is 37.3 Å². The van der Waals surface area contributed by atoms with E-state index in [1.807, 2.05) is 0 Å². The van der Waals surface area contributed by atoms with Crippen LogP contribution in [0.3, 0.4) is 0 Å². The number of aliphatic hydroxyl groups excluding tert-OH is 1. The van der Waals surface area contributed by atoms with Crippen LogP contribution in [0.2, 0.25) is 0 Å². The van der Waals surface area contributed by atoms with Crippen LogP contribution < -0.4 is 0 Å². The van der Waals surface area contributed by atoms with Gasteiger partial charge in [-0.2, -0.15) is 0 Å². The summed E-state index contributed by atoms with van der Waals surface area (Å²) < 4.78 is 14.9. The van der Waals surface area contributed by atoms with Crippen molar-refractivity contribution in [1.29, 1.82) is 0 Å². The third kappa shape index (κ3) is 3.97. The summed E-state index contributed by atoms with van der Waals surface area (Å²) in [6.07, 6.45) is 2.84. The minimum atomic E-state index is -1.46. The molecule has 3 rings (SSSR count). The van der Waals surface area contributed by atoms with Crippen LogP contribution in [0.15, 0.2) is 12.2 Å². The van der Waals surface area contributed by atoms with Crippen LogP contribution in [-0.2, 0) is 33.4 Å². The standard InChI is InChI=1S/C19H24BrNO8/c1-18(2,20)16(25)28-9-19(3,8-22)17(26)27-7-6-21-14(23)12-10-4-5-11(29-10)13(12)15(21)24/h4-5,10-13,22H,6-9H2,1-3H3/t10-,11+,12-,13+,19?. The summed E-state index contributed by atoms with van der Waals surface area (Å²) in [5, 5.41) is 9.60. The molecule has 2 bridgehead atoms. The number of halogens is 1. The topological polar surface area (TPSA) is 119 Å². The normalized spacial score (nSPS) is 29.8. The molecular weight excluding hydrogens is 450 g/mol. The van der Waals surface area contributed by atoms with Crippen molar-refractivity contribution in [2.75, 3.05) is 26.4 Å². The van der Waals surface area contributed by atoms with Crippen molar-refractivity contribution in [3.05, 3.63) is 12.2 Å². The van der Waals surface area contributed by atoms with Crippen molar-refractivity contribution in [2.24, 2.45) is 17.3 Å². The van der Waals surface area contributed by atoms with E-state index >= 15 is 0 Å². The quantitative estimate of drug-likeness (QED) is 0.229. The van der Waals surface area contributed by atoms with Crippen LogP contribution in [0.4, 0.5) is 0 Å². The average Bonchev–Trinajstić information content (AvgIpc) is 3.34. The average molecular weight is 474 g/mol. The SMILES string of the molecule is CC(C)(Br)C(=O)OCC(C)(CO)C(=O)OCCN1C(=O)[C@@H]2[C@H](C1=O)[C@H]1C=C[C@@H]2O1. The van der Waals surface area contributed by atoms with Crippen LogP contribution >= 0.6 is 15.9 Å². The second-order valence-electron chi connectivity index (χ2n) is 8.23. The molecule has 2 saturated heterocycles. The van der Waals surface area contributed by atoms with Crippen molar-refractivity contribution >= 4 is 39.7 Å². The van der Waals surface area contributed by atoms with E-state index in [2.05, 4.69) is 15.9 Å². The summed E-state index contributed by atoms with van der Waals surface area (Å²) in [5.74, 6) is -3.05. The molecule has 5 atom stereocenters. The highest BCUT2D eigenvalue weighted by Crippen LogP contribution is 2.44. The number of esters is 2. The van der Waals surface area contributed by atoms with Gasteiger partial charge in [-0.1, -0.05) is 28.1 Å². The molecule has 9 nitrogen and oxygen atoms in total. The number of amides is 2. The highest BCUT2D eigenvalue weighted by atomic mass is 79.9. The molecule has 0 aliphatic carbocycles. The summed E-state index contributed by atoms with van der Waals surface area (Å²) in [5.41, 5.74) is -1.46. The first-order valence-electron chi connectivity index (χ1n) is 9.33. The maximum absolute atomic E-state index is 12.5. The number of hydrogen-bond acceptors (Lipinski definition) is 8. The van der Waals surface area contributed by atoms with E-state index in [1.54, 1.807) is 26.0 Å². The predicted molar refractivity (Wildman–Crippen MR) is 102 cm³/mol. The Morgan fingerprint density at radius 2 is 1.66 bits per heavy atom. The number of aliphatic hydroxyl groups is 1. The number of hydrogen-bond donors (Lipinski definition) is 1. The van der Waals surface area contributed by atoms with Crippen molar-refractivity contribution in [3.63, 3.8) is 0 Å². The maximum Gasteiger partial charge on any atom is 0.322 e. The second kappa shape index (κ2) is 7.81. The molecule has 0 aromatic carbocycles. The van der Waals surface area contributed by atoms with Crippen LogP contribution in [0, 0.1) is 17.3 Å². The third-order valence-electron chi connectivity index (χ3n) is 5.40. The Labute approximate surface area is 176 Å². The lowest BCUT2D eigenvalue weighted by molar-refractivity contribution is -0.167. The summed E-state index contributed by atoms with van der Waals surface area (Å²) in [7, 11) is 0. The van der Waals surface area contributed by atoms with E-state index in [1.165, 1.54) is 6.92 Å². The molecule has 1 N–H and O–H groups in total. The smallest absolute Gasteiger partial charge is 0.322 e. The fourth-order valence-electron chi connectivity index (χ4n) is 3.56. The zero-order valence-electron chi connectivity index (χ0n) is 16.4. The summed E-state index contributed by atoms with van der Waals surface area (Å²) >= 11 is 3.16. The molecule has 29 heavy (non-hydrogen) atoms. The summed E-state index contributed by atoms with van der Waals surface area (Å²) in [6.45, 7) is 3.33. The first kappa shape index (κ1) is 21.9. The minimum Gasteiger partial charge on any atom is -0.463 e. The molecule has 2 amide bonds. The van der Waals surface area contributed by atoms with Gasteiger partial charge in [0.2, 0.25) is 11.8 Å². The molecular formula is C19H24BrNO8. The highest BCUT2D eigenvalue weighted by molar-refractivity contribution is 9.10. The monoisotopic (exact) mass is 473 g/mol. The van der Waals surface area contributed by atoms with Gasteiger partial charge in [-0.25, -0.2) is 0 Å². The van der Waals surface area contributed by atoms with E-state index in [9.17, 15) is 24.3 Å². The fraction of sp³-hybridized carbons (Fsp3) is 0.684. The number of rotatable bonds is 8. The largest absolute Gasteiger partial charge is 0.463 e. The Morgan fingerprint density at radius 3 is 2.14 bits per heavy atom. The van der Waals surface area contributed by atoms with Crippen LogP contribution in [0.5, 0.6) is 0 Å². The molecule has 10 heteroatoms. The van der Waals surface area contributed by atoms with Gasteiger partial charge in [-0.3, -0.25) is 24.1 Å². The van der Waals surface area contributed by atoms with Gasteiger partial charge in [0.15, 0.2) is 0 Å². The Bertz CT molecular complexity index is 730. The van der Waals surface area contributed by atoms with Gasteiger partial charge in [-0.15, -0.1) is 0 Å². The molecule has 3 aliphatic heterocycles. The molecule has 3 aliphatic rings. The number of ether oxygens (including phenoxy) is 3. The molecule has 3 heterocycles. The zero-order valence-corrected chi connectivity index (χ0v) is 18.0. The van der Waals surface area contributed by atoms with Gasteiger partial charge in [0.25, 0.3) is 0 Å². The number of fused-ring (bicyclic) bond motifs is 5. The van der Waals surface area contributed by atoms with E-state index < -0.39 is 40.1 Å². The first-order valence-corrected chi connectivity index (χ1v) is 10.1. The number of carbonyl (C=O) groups excluding carboxylic acids is 4. The van der Waals surface area contributed by atoms with Gasteiger partial charge < -0.3 is 19.3 Å². The van der Waals surface area contributed by atoms with Crippen molar-refractivity contribution in [3.8, 4) is 0 Å². The second-order valence-corrected chi connectivity index (χ2v) is 10.2. The van der Waals surface area contributed by atoms with E-state index in [0.717, 1.165) is 4.90 Å². The molecule has 2 fully saturated rings. The molecule has 1 unspecified atom stereocenters. The Morgan fingerprint density at radius 1 is 1.10 bits per heavy atom. The van der Waals surface area contributed by atoms with Crippen molar-refractivity contribution < 1.29 is 38.5 Å². The van der Waals surface area contributed by atoms with Crippen LogP contribution in [-0.4, -0.2) is 76.7 Å². The molecule has 0 radical (unpaired) electrons. The molecule has 0 aromatic rings. The lowest BCUT2D eigenvalue weighted by Gasteiger charge is -2.26. The zero-order chi connectivity index (χ0) is 21.6. The molecule has 0 saturated carbocycles. The van der Waals surface area contributed by atoms with Gasteiger partial charge in [0.05, 0.1) is 37.2 Å². The van der Waals surface area contributed by atoms with Crippen molar-refractivity contribution in [1.82, 2.24) is 4.90 Å². The number of nitrogens with zero attached hydrogens (tertiary/aromatic N) is 1. The Hall–Kier alpha value is -1.78. The van der Waals surface area contributed by atoms with Gasteiger partial charge in [0.1, 0.15) is 23.0 Å². The number of imide groups is 1. The van der Waals surface area contributed by atoms with Gasteiger partial charge >= 0.3 is 11.9 Å². The molecule has 160 valence electrons. The molecule has 0 aromatic heterocycles. The predicted octanol–water partition coefficient (Wildman–Crippen LogP) is 0.183. The minimum absolute atomic E-state index is 0.0778. The summed E-state index contributed by atoms with van der Waals surface area (Å²) in [6, 6.07) is 0. The van der Waals surface area contributed by atoms with Gasteiger partial charge in [0, 0.05) is 0 Å². The third-order valence-corrected chi connectivity index (χ3v) is 5.72. The van der Waals surface area contributed by atoms with E-state index in [4.69, 9.17) is 14.2 Å². The highest BCUT2D eigenvalue weighted by Gasteiger charge is 2.60. The maximum atomic E-state index is 12.5. The Balaban J connectivity index is 1.52. The van der Waals surface area contributed by atoms with E-state index in [-0.39, 0.29) is 43.8 Å². The van der Waals surface area contributed by atoms with Crippen LogP contribution in [0.25, 0.3) is 0 Å². The Kier molecular flexibility index (Phi) is 5.90. The summed E-state index contributed by atoms with van der Waals surface area (Å²) in [4.78, 5) is 50.4. The fourth-order valence-corrected chi connectivity index (χ4v) is 3.67. The van der Waals surface area contributed by atoms with Crippen LogP contribution in [0.1, 0.15) is 20.8 Å². The molecule has 0 spiro atoms. The van der Waals surface area contributed by atoms with Gasteiger partial charge in [-0.05, 0) is 20.8 Å².